The van der Waals surface area contributed by atoms with Crippen LogP contribution in [0.3, 0.4) is 0 Å². The quantitative estimate of drug-likeness (QED) is 0.629. The van der Waals surface area contributed by atoms with Gasteiger partial charge in [0.25, 0.3) is 5.91 Å². The highest BCUT2D eigenvalue weighted by Gasteiger charge is 2.26. The van der Waals surface area contributed by atoms with Crippen molar-refractivity contribution in [3.63, 3.8) is 0 Å². The number of thiophene rings is 1. The number of hydrogen-bond acceptors (Lipinski definition) is 3. The van der Waals surface area contributed by atoms with Gasteiger partial charge in [0.05, 0.1) is 21.7 Å². The lowest BCUT2D eigenvalue weighted by molar-refractivity contribution is 0.0637. The van der Waals surface area contributed by atoms with Gasteiger partial charge in [-0.2, -0.15) is 0 Å². The van der Waals surface area contributed by atoms with Gasteiger partial charge in [0.1, 0.15) is 0 Å². The molecule has 25 heavy (non-hydrogen) atoms. The van der Waals surface area contributed by atoms with Crippen LogP contribution in [0.5, 0.6) is 0 Å². The van der Waals surface area contributed by atoms with Gasteiger partial charge in [0.2, 0.25) is 0 Å². The molecule has 1 fully saturated rings. The van der Waals surface area contributed by atoms with Crippen molar-refractivity contribution in [2.45, 2.75) is 39.2 Å². The zero-order valence-electron chi connectivity index (χ0n) is 14.7. The van der Waals surface area contributed by atoms with E-state index in [9.17, 15) is 4.79 Å². The van der Waals surface area contributed by atoms with Crippen LogP contribution >= 0.6 is 11.3 Å². The number of rotatable bonds is 2. The summed E-state index contributed by atoms with van der Waals surface area (Å²) in [5.74, 6) is 0.139. The molecule has 1 aromatic carbocycles. The van der Waals surface area contributed by atoms with E-state index in [1.54, 1.807) is 11.3 Å². The molecule has 4 rings (SSSR count). The summed E-state index contributed by atoms with van der Waals surface area (Å²) in [7, 11) is 0. The maximum atomic E-state index is 13.3. The third-order valence-corrected chi connectivity index (χ3v) is 6.03. The number of aromatic nitrogens is 1. The maximum absolute atomic E-state index is 13.3. The molecule has 1 unspecified atom stereocenters. The summed E-state index contributed by atoms with van der Waals surface area (Å²) < 4.78 is 0. The van der Waals surface area contributed by atoms with E-state index in [1.807, 2.05) is 35.2 Å². The van der Waals surface area contributed by atoms with Gasteiger partial charge >= 0.3 is 0 Å². The summed E-state index contributed by atoms with van der Waals surface area (Å²) in [5, 5.41) is 0.947. The number of aryl methyl sites for hydroxylation is 1. The average molecular weight is 350 g/mol. The lowest BCUT2D eigenvalue weighted by Crippen LogP contribution is -2.42. The van der Waals surface area contributed by atoms with Gasteiger partial charge in [-0.1, -0.05) is 18.2 Å². The number of pyridine rings is 1. The highest BCUT2D eigenvalue weighted by molar-refractivity contribution is 7.15. The van der Waals surface area contributed by atoms with E-state index >= 15 is 0 Å². The Labute approximate surface area is 152 Å². The molecule has 1 amide bonds. The number of nitrogens with zero attached hydrogens (tertiary/aromatic N) is 2. The second-order valence-electron chi connectivity index (χ2n) is 6.83. The molecule has 0 bridgehead atoms. The Morgan fingerprint density at radius 2 is 2.04 bits per heavy atom. The fourth-order valence-corrected chi connectivity index (χ4v) is 4.43. The molecule has 4 heteroatoms. The van der Waals surface area contributed by atoms with Crippen LogP contribution in [0.4, 0.5) is 0 Å². The van der Waals surface area contributed by atoms with E-state index in [4.69, 9.17) is 4.98 Å². The molecule has 3 heterocycles. The molecule has 1 aliphatic rings. The average Bonchev–Trinajstić information content (AvgIpc) is 3.07. The van der Waals surface area contributed by atoms with Crippen LogP contribution in [0, 0.1) is 6.92 Å². The summed E-state index contributed by atoms with van der Waals surface area (Å²) >= 11 is 1.72. The Balaban J connectivity index is 1.85. The molecule has 128 valence electrons. The summed E-state index contributed by atoms with van der Waals surface area (Å²) in [6.45, 7) is 5.10. The zero-order valence-corrected chi connectivity index (χ0v) is 15.5. The van der Waals surface area contributed by atoms with Gasteiger partial charge < -0.3 is 4.90 Å². The number of para-hydroxylation sites is 1. The molecule has 0 aliphatic carbocycles. The summed E-state index contributed by atoms with van der Waals surface area (Å²) in [6.07, 6.45) is 3.39. The Hall–Kier alpha value is -2.20. The van der Waals surface area contributed by atoms with E-state index in [-0.39, 0.29) is 5.91 Å². The minimum atomic E-state index is 0.139. The van der Waals surface area contributed by atoms with Crippen molar-refractivity contribution in [2.24, 2.45) is 0 Å². The minimum Gasteiger partial charge on any atom is -0.336 e. The SMILES string of the molecule is Cc1ccc(-c2cc(C(=O)N3CCCCC3C)c3ccccc3n2)s1. The van der Waals surface area contributed by atoms with Gasteiger partial charge in [-0.05, 0) is 57.4 Å². The third-order valence-electron chi connectivity index (χ3n) is 5.00. The standard InChI is InChI=1S/C21H22N2OS/c1-14-7-5-6-12-23(14)21(24)17-13-19(20-11-10-15(2)25-20)22-18-9-4-3-8-16(17)18/h3-4,8-11,13-14H,5-7,12H2,1-2H3. The first kappa shape index (κ1) is 16.3. The highest BCUT2D eigenvalue weighted by Crippen LogP contribution is 2.31. The number of benzene rings is 1. The molecule has 1 saturated heterocycles. The molecule has 2 aromatic heterocycles. The Morgan fingerprint density at radius 3 is 2.80 bits per heavy atom. The number of hydrogen-bond donors (Lipinski definition) is 0. The zero-order chi connectivity index (χ0) is 17.4. The molecular formula is C21H22N2OS. The van der Waals surface area contributed by atoms with Crippen molar-refractivity contribution in [2.75, 3.05) is 6.54 Å². The van der Waals surface area contributed by atoms with Crippen LogP contribution in [0.2, 0.25) is 0 Å². The van der Waals surface area contributed by atoms with Gasteiger partial charge in [-0.3, -0.25) is 4.79 Å². The van der Waals surface area contributed by atoms with Crippen LogP contribution in [-0.2, 0) is 0 Å². The van der Waals surface area contributed by atoms with Crippen molar-refractivity contribution in [3.05, 3.63) is 52.9 Å². The fourth-order valence-electron chi connectivity index (χ4n) is 3.61. The van der Waals surface area contributed by atoms with E-state index in [1.165, 1.54) is 11.3 Å². The fraction of sp³-hybridized carbons (Fsp3) is 0.333. The first-order valence-corrected chi connectivity index (χ1v) is 9.73. The highest BCUT2D eigenvalue weighted by atomic mass is 32.1. The van der Waals surface area contributed by atoms with Gasteiger partial charge in [-0.25, -0.2) is 4.98 Å². The number of carbonyl (C=O) groups excluding carboxylic acids is 1. The minimum absolute atomic E-state index is 0.139. The van der Waals surface area contributed by atoms with E-state index in [0.29, 0.717) is 6.04 Å². The molecule has 1 aliphatic heterocycles. The van der Waals surface area contributed by atoms with Crippen LogP contribution in [0.15, 0.2) is 42.5 Å². The Morgan fingerprint density at radius 1 is 1.20 bits per heavy atom. The lowest BCUT2D eigenvalue weighted by Gasteiger charge is -2.33. The van der Waals surface area contributed by atoms with Gasteiger partial charge in [-0.15, -0.1) is 11.3 Å². The second kappa shape index (κ2) is 6.60. The monoisotopic (exact) mass is 350 g/mol. The summed E-state index contributed by atoms with van der Waals surface area (Å²) in [4.78, 5) is 22.5. The maximum Gasteiger partial charge on any atom is 0.254 e. The molecule has 3 aromatic rings. The van der Waals surface area contributed by atoms with Crippen molar-refractivity contribution in [3.8, 4) is 10.6 Å². The summed E-state index contributed by atoms with van der Waals surface area (Å²) in [6, 6.07) is 14.5. The van der Waals surface area contributed by atoms with Crippen molar-refractivity contribution >= 4 is 28.1 Å². The molecule has 0 spiro atoms. The molecule has 3 nitrogen and oxygen atoms in total. The number of amides is 1. The molecule has 0 N–H and O–H groups in total. The van der Waals surface area contributed by atoms with Crippen LogP contribution in [0.25, 0.3) is 21.5 Å². The molecule has 0 saturated carbocycles. The van der Waals surface area contributed by atoms with Crippen molar-refractivity contribution < 1.29 is 4.79 Å². The number of fused-ring (bicyclic) bond motifs is 1. The first-order valence-electron chi connectivity index (χ1n) is 8.91. The van der Waals surface area contributed by atoms with E-state index < -0.39 is 0 Å². The van der Waals surface area contributed by atoms with Crippen LogP contribution in [0.1, 0.15) is 41.4 Å². The Bertz CT molecular complexity index is 931. The predicted molar refractivity (Wildman–Crippen MR) is 104 cm³/mol. The first-order chi connectivity index (χ1) is 12.1. The van der Waals surface area contributed by atoms with E-state index in [2.05, 4.69) is 26.0 Å². The van der Waals surface area contributed by atoms with Crippen LogP contribution < -0.4 is 0 Å². The molecule has 1 atom stereocenters. The molecule has 0 radical (unpaired) electrons. The van der Waals surface area contributed by atoms with Gasteiger partial charge in [0, 0.05) is 22.8 Å². The lowest BCUT2D eigenvalue weighted by atomic mass is 10.00. The normalized spacial score (nSPS) is 17.8. The Kier molecular flexibility index (Phi) is 4.30. The van der Waals surface area contributed by atoms with Gasteiger partial charge in [0.15, 0.2) is 0 Å². The smallest absolute Gasteiger partial charge is 0.254 e. The summed E-state index contributed by atoms with van der Waals surface area (Å²) in [5.41, 5.74) is 2.56. The third kappa shape index (κ3) is 3.07. The second-order valence-corrected chi connectivity index (χ2v) is 8.11. The van der Waals surface area contributed by atoms with Crippen molar-refractivity contribution in [1.82, 2.24) is 9.88 Å². The number of piperidine rings is 1. The van der Waals surface area contributed by atoms with Crippen LogP contribution in [-0.4, -0.2) is 28.4 Å². The molecular weight excluding hydrogens is 328 g/mol. The number of likely N-dealkylation sites (tertiary alicyclic amines) is 1. The predicted octanol–water partition coefficient (Wildman–Crippen LogP) is 5.29. The van der Waals surface area contributed by atoms with E-state index in [0.717, 1.165) is 46.4 Å². The van der Waals surface area contributed by atoms with Crippen molar-refractivity contribution in [1.29, 1.82) is 0 Å². The topological polar surface area (TPSA) is 33.2 Å². The number of carbonyl (C=O) groups is 1. The largest absolute Gasteiger partial charge is 0.336 e.